The van der Waals surface area contributed by atoms with Gasteiger partial charge in [0.15, 0.2) is 0 Å². The van der Waals surface area contributed by atoms with E-state index in [0.29, 0.717) is 32.0 Å². The van der Waals surface area contributed by atoms with E-state index in [2.05, 4.69) is 4.90 Å². The Kier molecular flexibility index (Phi) is 7.41. The summed E-state index contributed by atoms with van der Waals surface area (Å²) in [6.07, 6.45) is 0.912. The van der Waals surface area contributed by atoms with E-state index in [4.69, 9.17) is 9.15 Å². The molecule has 0 radical (unpaired) electrons. The van der Waals surface area contributed by atoms with E-state index < -0.39 is 17.8 Å². The summed E-state index contributed by atoms with van der Waals surface area (Å²) in [5, 5.41) is 10.2. The Morgan fingerprint density at radius 2 is 2.10 bits per heavy atom. The van der Waals surface area contributed by atoms with Crippen molar-refractivity contribution in [2.24, 2.45) is 5.92 Å². The number of ether oxygens (including phenoxy) is 1. The lowest BCUT2D eigenvalue weighted by Crippen LogP contribution is -2.50. The van der Waals surface area contributed by atoms with Crippen LogP contribution in [0.4, 0.5) is 4.39 Å². The van der Waals surface area contributed by atoms with Crippen LogP contribution in [-0.4, -0.2) is 65.8 Å². The Hall–Kier alpha value is -2.22. The molecule has 2 atom stereocenters. The minimum Gasteiger partial charge on any atom is -0.467 e. The number of amides is 1. The van der Waals surface area contributed by atoms with Crippen LogP contribution >= 0.6 is 0 Å². The molecule has 1 fully saturated rings. The number of aliphatic hydroxyl groups is 1. The smallest absolute Gasteiger partial charge is 0.257 e. The minimum absolute atomic E-state index is 0.0296. The maximum Gasteiger partial charge on any atom is 0.257 e. The van der Waals surface area contributed by atoms with Crippen LogP contribution in [0.25, 0.3) is 0 Å². The van der Waals surface area contributed by atoms with Crippen LogP contribution in [0.2, 0.25) is 0 Å². The summed E-state index contributed by atoms with van der Waals surface area (Å²) in [5.74, 6) is -0.150. The first-order chi connectivity index (χ1) is 13.9. The van der Waals surface area contributed by atoms with Crippen LogP contribution in [0.5, 0.6) is 0 Å². The number of carbonyl (C=O) groups excluding carboxylic acids is 1. The Morgan fingerprint density at radius 1 is 1.31 bits per heavy atom. The second-order valence-electron chi connectivity index (χ2n) is 7.81. The van der Waals surface area contributed by atoms with Gasteiger partial charge in [-0.05, 0) is 30.2 Å². The van der Waals surface area contributed by atoms with E-state index in [1.54, 1.807) is 35.4 Å². The van der Waals surface area contributed by atoms with Crippen molar-refractivity contribution in [1.29, 1.82) is 0 Å². The zero-order valence-electron chi connectivity index (χ0n) is 17.0. The highest BCUT2D eigenvalue weighted by atomic mass is 19.1. The highest BCUT2D eigenvalue weighted by molar-refractivity contribution is 5.94. The molecule has 2 heterocycles. The maximum absolute atomic E-state index is 14.2. The molecule has 6 nitrogen and oxygen atoms in total. The second kappa shape index (κ2) is 10.0. The average Bonchev–Trinajstić information content (AvgIpc) is 3.21. The van der Waals surface area contributed by atoms with Gasteiger partial charge in [0, 0.05) is 26.2 Å². The van der Waals surface area contributed by atoms with Crippen LogP contribution in [-0.2, 0) is 11.3 Å². The molecule has 1 N–H and O–H groups in total. The first-order valence-corrected chi connectivity index (χ1v) is 10.0. The summed E-state index contributed by atoms with van der Waals surface area (Å²) < 4.78 is 25.5. The maximum atomic E-state index is 14.2. The lowest BCUT2D eigenvalue weighted by Gasteiger charge is -2.37. The van der Waals surface area contributed by atoms with Gasteiger partial charge in [0.2, 0.25) is 0 Å². The number of aliphatic hydroxyl groups excluding tert-OH is 1. The number of rotatable bonds is 8. The van der Waals surface area contributed by atoms with Gasteiger partial charge in [0.1, 0.15) is 11.6 Å². The molecule has 3 rings (SSSR count). The molecule has 1 saturated heterocycles. The molecule has 0 bridgehead atoms. The SMILES string of the molecule is CC(C)C(O)CN1CCOC(CN(Cc2ccco2)C(=O)c2ccccc2F)C1. The molecule has 2 unspecified atom stereocenters. The highest BCUT2D eigenvalue weighted by Gasteiger charge is 2.28. The van der Waals surface area contributed by atoms with Crippen molar-refractivity contribution in [3.8, 4) is 0 Å². The fourth-order valence-electron chi connectivity index (χ4n) is 3.39. The summed E-state index contributed by atoms with van der Waals surface area (Å²) in [6.45, 7) is 6.94. The first-order valence-electron chi connectivity index (χ1n) is 10.0. The standard InChI is InChI=1S/C22H29FN2O4/c1-16(2)21(26)15-24-9-11-29-18(12-24)14-25(13-17-6-5-10-28-17)22(27)19-7-3-4-8-20(19)23/h3-8,10,16,18,21,26H,9,11-15H2,1-2H3. The molecule has 158 valence electrons. The molecular formula is C22H29FN2O4. The molecule has 1 aliphatic rings. The molecule has 0 spiro atoms. The van der Waals surface area contributed by atoms with E-state index in [9.17, 15) is 14.3 Å². The number of carbonyl (C=O) groups is 1. The van der Waals surface area contributed by atoms with E-state index in [1.807, 2.05) is 13.8 Å². The van der Waals surface area contributed by atoms with Gasteiger partial charge in [0.05, 0.1) is 37.2 Å². The first kappa shape index (κ1) is 21.5. The second-order valence-corrected chi connectivity index (χ2v) is 7.81. The molecule has 0 saturated carbocycles. The monoisotopic (exact) mass is 404 g/mol. The molecule has 1 aromatic carbocycles. The van der Waals surface area contributed by atoms with Gasteiger partial charge >= 0.3 is 0 Å². The molecule has 1 aromatic heterocycles. The summed E-state index contributed by atoms with van der Waals surface area (Å²) >= 11 is 0. The molecule has 0 aliphatic carbocycles. The molecule has 1 aliphatic heterocycles. The van der Waals surface area contributed by atoms with Gasteiger partial charge in [0.25, 0.3) is 5.91 Å². The summed E-state index contributed by atoms with van der Waals surface area (Å²) in [5.41, 5.74) is 0.0296. The normalized spacial score (nSPS) is 18.7. The number of benzene rings is 1. The summed E-state index contributed by atoms with van der Waals surface area (Å²) in [4.78, 5) is 16.8. The molecule has 1 amide bonds. The Labute approximate surface area is 170 Å². The van der Waals surface area contributed by atoms with Crippen LogP contribution in [0, 0.1) is 11.7 Å². The summed E-state index contributed by atoms with van der Waals surface area (Å²) in [7, 11) is 0. The Morgan fingerprint density at radius 3 is 2.79 bits per heavy atom. The quantitative estimate of drug-likeness (QED) is 0.733. The number of furan rings is 1. The van der Waals surface area contributed by atoms with Crippen molar-refractivity contribution >= 4 is 5.91 Å². The van der Waals surface area contributed by atoms with E-state index in [0.717, 1.165) is 6.54 Å². The number of hydrogen-bond acceptors (Lipinski definition) is 5. The number of nitrogens with zero attached hydrogens (tertiary/aromatic N) is 2. The van der Waals surface area contributed by atoms with Gasteiger partial charge in [-0.3, -0.25) is 9.69 Å². The zero-order valence-corrected chi connectivity index (χ0v) is 17.0. The Balaban J connectivity index is 1.71. The Bertz CT molecular complexity index is 781. The van der Waals surface area contributed by atoms with E-state index in [-0.39, 0.29) is 24.1 Å². The molecule has 2 aromatic rings. The van der Waals surface area contributed by atoms with Gasteiger partial charge in [-0.25, -0.2) is 4.39 Å². The predicted molar refractivity (Wildman–Crippen MR) is 107 cm³/mol. The zero-order chi connectivity index (χ0) is 20.8. The molecule has 29 heavy (non-hydrogen) atoms. The molecule has 7 heteroatoms. The van der Waals surface area contributed by atoms with Gasteiger partial charge in [-0.15, -0.1) is 0 Å². The third-order valence-corrected chi connectivity index (χ3v) is 5.18. The van der Waals surface area contributed by atoms with Gasteiger partial charge in [-0.1, -0.05) is 26.0 Å². The lowest BCUT2D eigenvalue weighted by atomic mass is 10.1. The predicted octanol–water partition coefficient (Wildman–Crippen LogP) is 2.78. The van der Waals surface area contributed by atoms with Crippen molar-refractivity contribution in [2.75, 3.05) is 32.8 Å². The lowest BCUT2D eigenvalue weighted by molar-refractivity contribution is -0.0551. The minimum atomic E-state index is -0.548. The van der Waals surface area contributed by atoms with Crippen LogP contribution in [0.3, 0.4) is 0 Å². The topological polar surface area (TPSA) is 66.2 Å². The van der Waals surface area contributed by atoms with Crippen LogP contribution in [0.1, 0.15) is 30.0 Å². The molecular weight excluding hydrogens is 375 g/mol. The van der Waals surface area contributed by atoms with Crippen molar-refractivity contribution in [2.45, 2.75) is 32.6 Å². The van der Waals surface area contributed by atoms with E-state index in [1.165, 1.54) is 12.1 Å². The average molecular weight is 404 g/mol. The van der Waals surface area contributed by atoms with Crippen LogP contribution in [0.15, 0.2) is 47.1 Å². The van der Waals surface area contributed by atoms with Crippen molar-refractivity contribution < 1.29 is 23.4 Å². The third kappa shape index (κ3) is 5.88. The number of β-amino-alcohol motifs (C(OH)–C–C–N with tert-alkyl or cyclic N) is 1. The van der Waals surface area contributed by atoms with Crippen molar-refractivity contribution in [3.05, 3.63) is 59.8 Å². The van der Waals surface area contributed by atoms with Gasteiger partial charge < -0.3 is 19.2 Å². The van der Waals surface area contributed by atoms with E-state index >= 15 is 0 Å². The number of hydrogen-bond donors (Lipinski definition) is 1. The van der Waals surface area contributed by atoms with Crippen molar-refractivity contribution in [3.63, 3.8) is 0 Å². The third-order valence-electron chi connectivity index (χ3n) is 5.18. The largest absolute Gasteiger partial charge is 0.467 e. The highest BCUT2D eigenvalue weighted by Crippen LogP contribution is 2.17. The van der Waals surface area contributed by atoms with Crippen LogP contribution < -0.4 is 0 Å². The fourth-order valence-corrected chi connectivity index (χ4v) is 3.39. The number of halogens is 1. The fraction of sp³-hybridized carbons (Fsp3) is 0.500. The van der Waals surface area contributed by atoms with Gasteiger partial charge in [-0.2, -0.15) is 0 Å². The summed E-state index contributed by atoms with van der Waals surface area (Å²) in [6, 6.07) is 9.52. The number of morpholine rings is 1. The van der Waals surface area contributed by atoms with Crippen molar-refractivity contribution in [1.82, 2.24) is 9.80 Å².